The predicted octanol–water partition coefficient (Wildman–Crippen LogP) is 2.23. The second-order valence-corrected chi connectivity index (χ2v) is 5.58. The van der Waals surface area contributed by atoms with Crippen LogP contribution < -0.4 is 10.1 Å². The third-order valence-electron chi connectivity index (χ3n) is 3.61. The van der Waals surface area contributed by atoms with Crippen molar-refractivity contribution in [3.8, 4) is 5.75 Å². The Hall–Kier alpha value is -1.88. The van der Waals surface area contributed by atoms with Gasteiger partial charge in [0.25, 0.3) is 0 Å². The predicted molar refractivity (Wildman–Crippen MR) is 81.3 cm³/mol. The lowest BCUT2D eigenvalue weighted by molar-refractivity contribution is 0.289. The zero-order chi connectivity index (χ0) is 14.7. The quantitative estimate of drug-likeness (QED) is 0.848. The summed E-state index contributed by atoms with van der Waals surface area (Å²) in [7, 11) is 0. The van der Waals surface area contributed by atoms with Crippen LogP contribution in [0.25, 0.3) is 0 Å². The fourth-order valence-electron chi connectivity index (χ4n) is 2.32. The molecular formula is C16H22N4O. The Bertz CT molecular complexity index is 604. The lowest BCUT2D eigenvalue weighted by Crippen LogP contribution is -2.15. The third-order valence-corrected chi connectivity index (χ3v) is 3.61. The Kier molecular flexibility index (Phi) is 4.20. The molecule has 0 spiro atoms. The summed E-state index contributed by atoms with van der Waals surface area (Å²) in [5.74, 6) is 2.65. The number of aryl methyl sites for hydroxylation is 2. The van der Waals surface area contributed by atoms with E-state index in [0.717, 1.165) is 36.5 Å². The standard InChI is InChI=1S/C16H22N4O/c1-12-18-13(2)20(19-12)8-9-21-16-5-3-4-14(10-16)11-17-15-6-7-15/h3-5,10,15,17H,6-9,11H2,1-2H3. The van der Waals surface area contributed by atoms with Gasteiger partial charge in [-0.3, -0.25) is 0 Å². The molecule has 1 saturated carbocycles. The lowest BCUT2D eigenvalue weighted by Gasteiger charge is -2.09. The molecule has 5 nitrogen and oxygen atoms in total. The maximum atomic E-state index is 5.82. The summed E-state index contributed by atoms with van der Waals surface area (Å²) < 4.78 is 7.70. The topological polar surface area (TPSA) is 52.0 Å². The van der Waals surface area contributed by atoms with Crippen LogP contribution in [0.3, 0.4) is 0 Å². The number of ether oxygens (including phenoxy) is 1. The van der Waals surface area contributed by atoms with Crippen LogP contribution in [0.2, 0.25) is 0 Å². The van der Waals surface area contributed by atoms with E-state index in [-0.39, 0.29) is 0 Å². The summed E-state index contributed by atoms with van der Waals surface area (Å²) in [5.41, 5.74) is 1.27. The van der Waals surface area contributed by atoms with Gasteiger partial charge >= 0.3 is 0 Å². The Labute approximate surface area is 125 Å². The molecule has 0 unspecified atom stereocenters. The highest BCUT2D eigenvalue weighted by Crippen LogP contribution is 2.20. The minimum Gasteiger partial charge on any atom is -0.492 e. The lowest BCUT2D eigenvalue weighted by atomic mass is 10.2. The van der Waals surface area contributed by atoms with Crippen molar-refractivity contribution in [2.24, 2.45) is 0 Å². The van der Waals surface area contributed by atoms with Gasteiger partial charge in [0.1, 0.15) is 24.0 Å². The molecule has 1 aliphatic rings. The van der Waals surface area contributed by atoms with Crippen molar-refractivity contribution in [3.05, 3.63) is 41.5 Å². The number of aromatic nitrogens is 3. The average molecular weight is 286 g/mol. The summed E-state index contributed by atoms with van der Waals surface area (Å²) in [4.78, 5) is 4.29. The molecule has 1 fully saturated rings. The molecule has 2 aromatic rings. The molecule has 3 rings (SSSR count). The van der Waals surface area contributed by atoms with Gasteiger partial charge in [-0.15, -0.1) is 0 Å². The summed E-state index contributed by atoms with van der Waals surface area (Å²) in [5, 5.41) is 7.84. The van der Waals surface area contributed by atoms with Crippen LogP contribution in [-0.4, -0.2) is 27.4 Å². The molecule has 0 aliphatic heterocycles. The maximum Gasteiger partial charge on any atom is 0.147 e. The molecular weight excluding hydrogens is 264 g/mol. The van der Waals surface area contributed by atoms with Crippen LogP contribution in [0, 0.1) is 13.8 Å². The first-order chi connectivity index (χ1) is 10.2. The first-order valence-corrected chi connectivity index (χ1v) is 7.54. The number of hydrogen-bond donors (Lipinski definition) is 1. The van der Waals surface area contributed by atoms with E-state index in [1.165, 1.54) is 18.4 Å². The van der Waals surface area contributed by atoms with Gasteiger partial charge in [0, 0.05) is 12.6 Å². The normalized spacial score (nSPS) is 14.4. The molecule has 1 heterocycles. The molecule has 0 atom stereocenters. The van der Waals surface area contributed by atoms with Crippen LogP contribution >= 0.6 is 0 Å². The van der Waals surface area contributed by atoms with E-state index < -0.39 is 0 Å². The van der Waals surface area contributed by atoms with Gasteiger partial charge in [0.05, 0.1) is 6.54 Å². The number of rotatable bonds is 7. The highest BCUT2D eigenvalue weighted by atomic mass is 16.5. The number of hydrogen-bond acceptors (Lipinski definition) is 4. The zero-order valence-corrected chi connectivity index (χ0v) is 12.7. The van der Waals surface area contributed by atoms with Crippen LogP contribution in [0.5, 0.6) is 5.75 Å². The van der Waals surface area contributed by atoms with Crippen LogP contribution in [0.15, 0.2) is 24.3 Å². The van der Waals surface area contributed by atoms with Crippen molar-refractivity contribution in [2.75, 3.05) is 6.61 Å². The minimum atomic E-state index is 0.600. The van der Waals surface area contributed by atoms with Gasteiger partial charge in [-0.05, 0) is 44.4 Å². The molecule has 0 bridgehead atoms. The molecule has 0 amide bonds. The van der Waals surface area contributed by atoms with Crippen molar-refractivity contribution in [2.45, 2.75) is 45.8 Å². The molecule has 21 heavy (non-hydrogen) atoms. The Morgan fingerprint density at radius 3 is 2.90 bits per heavy atom. The van der Waals surface area contributed by atoms with E-state index in [1.54, 1.807) is 0 Å². The van der Waals surface area contributed by atoms with Crippen LogP contribution in [0.1, 0.15) is 30.1 Å². The van der Waals surface area contributed by atoms with E-state index >= 15 is 0 Å². The van der Waals surface area contributed by atoms with E-state index in [4.69, 9.17) is 4.74 Å². The van der Waals surface area contributed by atoms with Crippen LogP contribution in [-0.2, 0) is 13.1 Å². The highest BCUT2D eigenvalue weighted by molar-refractivity contribution is 5.28. The molecule has 112 valence electrons. The highest BCUT2D eigenvalue weighted by Gasteiger charge is 2.19. The third kappa shape index (κ3) is 4.04. The number of nitrogens with zero attached hydrogens (tertiary/aromatic N) is 3. The van der Waals surface area contributed by atoms with E-state index in [1.807, 2.05) is 30.7 Å². The fourth-order valence-corrected chi connectivity index (χ4v) is 2.32. The average Bonchev–Trinajstić information content (AvgIpc) is 3.23. The summed E-state index contributed by atoms with van der Waals surface area (Å²) in [6, 6.07) is 9.01. The maximum absolute atomic E-state index is 5.82. The molecule has 5 heteroatoms. The summed E-state index contributed by atoms with van der Waals surface area (Å²) in [6.07, 6.45) is 2.62. The summed E-state index contributed by atoms with van der Waals surface area (Å²) in [6.45, 7) is 6.11. The number of nitrogens with one attached hydrogen (secondary N) is 1. The van der Waals surface area contributed by atoms with Crippen molar-refractivity contribution in [3.63, 3.8) is 0 Å². The Morgan fingerprint density at radius 1 is 1.33 bits per heavy atom. The first-order valence-electron chi connectivity index (χ1n) is 7.54. The molecule has 1 aromatic carbocycles. The molecule has 1 aromatic heterocycles. The van der Waals surface area contributed by atoms with Gasteiger partial charge < -0.3 is 10.1 Å². The van der Waals surface area contributed by atoms with Gasteiger partial charge in [-0.1, -0.05) is 12.1 Å². The monoisotopic (exact) mass is 286 g/mol. The molecule has 0 saturated heterocycles. The van der Waals surface area contributed by atoms with E-state index in [0.29, 0.717) is 6.61 Å². The minimum absolute atomic E-state index is 0.600. The Morgan fingerprint density at radius 2 is 2.19 bits per heavy atom. The fraction of sp³-hybridized carbons (Fsp3) is 0.500. The van der Waals surface area contributed by atoms with Gasteiger partial charge in [0.15, 0.2) is 0 Å². The van der Waals surface area contributed by atoms with Crippen molar-refractivity contribution >= 4 is 0 Å². The molecule has 1 aliphatic carbocycles. The number of benzene rings is 1. The van der Waals surface area contributed by atoms with Crippen molar-refractivity contribution in [1.29, 1.82) is 0 Å². The zero-order valence-electron chi connectivity index (χ0n) is 12.7. The van der Waals surface area contributed by atoms with Gasteiger partial charge in [-0.2, -0.15) is 5.10 Å². The smallest absolute Gasteiger partial charge is 0.147 e. The molecule has 0 radical (unpaired) electrons. The van der Waals surface area contributed by atoms with E-state index in [9.17, 15) is 0 Å². The second kappa shape index (κ2) is 6.26. The SMILES string of the molecule is Cc1nc(C)n(CCOc2cccc(CNC3CC3)c2)n1. The second-order valence-electron chi connectivity index (χ2n) is 5.58. The van der Waals surface area contributed by atoms with Crippen molar-refractivity contribution in [1.82, 2.24) is 20.1 Å². The van der Waals surface area contributed by atoms with E-state index in [2.05, 4.69) is 27.5 Å². The van der Waals surface area contributed by atoms with Gasteiger partial charge in [0.2, 0.25) is 0 Å². The first kappa shape index (κ1) is 14.1. The van der Waals surface area contributed by atoms with Crippen molar-refractivity contribution < 1.29 is 4.74 Å². The Balaban J connectivity index is 1.50. The van der Waals surface area contributed by atoms with Crippen LogP contribution in [0.4, 0.5) is 0 Å². The molecule has 1 N–H and O–H groups in total. The largest absolute Gasteiger partial charge is 0.492 e. The van der Waals surface area contributed by atoms with Gasteiger partial charge in [-0.25, -0.2) is 9.67 Å². The summed E-state index contributed by atoms with van der Waals surface area (Å²) >= 11 is 0.